The number of hydrogen-bond donors (Lipinski definition) is 0. The smallest absolute Gasteiger partial charge is 0.0395 e. The molecule has 0 saturated heterocycles. The molecule has 1 atom stereocenters. The van der Waals surface area contributed by atoms with E-state index >= 15 is 0 Å². The van der Waals surface area contributed by atoms with Crippen molar-refractivity contribution in [2.24, 2.45) is 0 Å². The third-order valence-corrected chi connectivity index (χ3v) is 0.812. The lowest BCUT2D eigenvalue weighted by Crippen LogP contribution is -2.14. The predicted octanol–water partition coefficient (Wildman–Crippen LogP) is 1.19. The summed E-state index contributed by atoms with van der Waals surface area (Å²) in [6, 6.07) is 0.338. The third-order valence-electron chi connectivity index (χ3n) is 0.812. The van der Waals surface area contributed by atoms with Gasteiger partial charge in [-0.25, -0.2) is 5.32 Å². The summed E-state index contributed by atoms with van der Waals surface area (Å²) in [7, 11) is 0. The van der Waals surface area contributed by atoms with Gasteiger partial charge in [0.2, 0.25) is 0 Å². The van der Waals surface area contributed by atoms with Crippen LogP contribution in [0.15, 0.2) is 12.7 Å². The van der Waals surface area contributed by atoms with Crippen LogP contribution in [0.25, 0.3) is 0 Å². The molecule has 0 rings (SSSR count). The van der Waals surface area contributed by atoms with Crippen LogP contribution in [0.4, 0.5) is 0 Å². The topological polar surface area (TPSA) is 14.1 Å². The first-order valence-electron chi connectivity index (χ1n) is 2.60. The second-order valence-electron chi connectivity index (χ2n) is 1.48. The van der Waals surface area contributed by atoms with E-state index < -0.39 is 0 Å². The zero-order chi connectivity index (χ0) is 5.70. The maximum Gasteiger partial charge on any atom is 0.0395 e. The molecule has 0 bridgehead atoms. The van der Waals surface area contributed by atoms with Gasteiger partial charge in [-0.05, 0) is 6.92 Å². The van der Waals surface area contributed by atoms with Crippen molar-refractivity contribution in [3.8, 4) is 0 Å². The molecule has 0 aliphatic heterocycles. The van der Waals surface area contributed by atoms with E-state index in [1.165, 1.54) is 0 Å². The first-order valence-corrected chi connectivity index (χ1v) is 2.60. The highest BCUT2D eigenvalue weighted by Gasteiger charge is 1.88. The van der Waals surface area contributed by atoms with Crippen LogP contribution < -0.4 is 5.32 Å². The van der Waals surface area contributed by atoms with Crippen LogP contribution in [0.3, 0.4) is 0 Å². The first-order chi connectivity index (χ1) is 3.31. The molecule has 7 heavy (non-hydrogen) atoms. The molecular weight excluding hydrogens is 86.1 g/mol. The fraction of sp³-hybridized carbons (Fsp3) is 0.667. The van der Waals surface area contributed by atoms with Crippen molar-refractivity contribution in [3.05, 3.63) is 12.7 Å². The van der Waals surface area contributed by atoms with Crippen LogP contribution in [0.2, 0.25) is 0 Å². The Morgan fingerprint density at radius 3 is 2.57 bits per heavy atom. The highest BCUT2D eigenvalue weighted by atomic mass is 14.9. The van der Waals surface area contributed by atoms with Gasteiger partial charge in [-0.15, -0.1) is 6.58 Å². The van der Waals surface area contributed by atoms with Crippen LogP contribution in [0.5, 0.6) is 0 Å². The van der Waals surface area contributed by atoms with Crippen molar-refractivity contribution in [2.45, 2.75) is 19.9 Å². The van der Waals surface area contributed by atoms with Crippen LogP contribution in [0.1, 0.15) is 13.8 Å². The average molecular weight is 98.2 g/mol. The molecular formula is C6H12N. The van der Waals surface area contributed by atoms with Gasteiger partial charge in [-0.2, -0.15) is 0 Å². The normalized spacial score (nSPS) is 13.4. The van der Waals surface area contributed by atoms with Crippen molar-refractivity contribution in [2.75, 3.05) is 6.54 Å². The van der Waals surface area contributed by atoms with Crippen molar-refractivity contribution in [3.63, 3.8) is 0 Å². The fourth-order valence-corrected chi connectivity index (χ4v) is 0.363. The number of hydrogen-bond acceptors (Lipinski definition) is 0. The summed E-state index contributed by atoms with van der Waals surface area (Å²) in [5.41, 5.74) is 0. The zero-order valence-corrected chi connectivity index (χ0v) is 5.02. The molecule has 0 aromatic rings. The van der Waals surface area contributed by atoms with E-state index in [4.69, 9.17) is 0 Å². The Morgan fingerprint density at radius 2 is 2.43 bits per heavy atom. The molecule has 41 valence electrons. The molecule has 0 N–H and O–H groups in total. The molecule has 0 aliphatic rings. The quantitative estimate of drug-likeness (QED) is 0.471. The summed E-state index contributed by atoms with van der Waals surface area (Å²) in [5, 5.41) is 4.12. The predicted molar refractivity (Wildman–Crippen MR) is 32.3 cm³/mol. The van der Waals surface area contributed by atoms with Crippen LogP contribution >= 0.6 is 0 Å². The lowest BCUT2D eigenvalue weighted by molar-refractivity contribution is 0.647. The SMILES string of the molecule is C=CC(C)[N]CC. The lowest BCUT2D eigenvalue weighted by atomic mass is 10.3. The minimum absolute atomic E-state index is 0.338. The fourth-order valence-electron chi connectivity index (χ4n) is 0.363. The number of nitrogens with zero attached hydrogens (tertiary/aromatic N) is 1. The molecule has 1 heteroatoms. The Bertz CT molecular complexity index is 50.1. The van der Waals surface area contributed by atoms with Gasteiger partial charge in [0.25, 0.3) is 0 Å². The molecule has 1 nitrogen and oxygen atoms in total. The van der Waals surface area contributed by atoms with Crippen LogP contribution in [-0.2, 0) is 0 Å². The van der Waals surface area contributed by atoms with E-state index in [1.807, 2.05) is 19.9 Å². The molecule has 0 saturated carbocycles. The highest BCUT2D eigenvalue weighted by molar-refractivity contribution is 4.79. The zero-order valence-electron chi connectivity index (χ0n) is 5.02. The van der Waals surface area contributed by atoms with Gasteiger partial charge >= 0.3 is 0 Å². The lowest BCUT2D eigenvalue weighted by Gasteiger charge is -1.99. The van der Waals surface area contributed by atoms with Crippen molar-refractivity contribution in [1.82, 2.24) is 5.32 Å². The molecule has 0 aromatic carbocycles. The summed E-state index contributed by atoms with van der Waals surface area (Å²) < 4.78 is 0. The molecule has 1 unspecified atom stereocenters. The van der Waals surface area contributed by atoms with Crippen molar-refractivity contribution < 1.29 is 0 Å². The van der Waals surface area contributed by atoms with Crippen LogP contribution in [0, 0.1) is 0 Å². The van der Waals surface area contributed by atoms with Crippen molar-refractivity contribution >= 4 is 0 Å². The van der Waals surface area contributed by atoms with Crippen LogP contribution in [-0.4, -0.2) is 12.6 Å². The standard InChI is InChI=1S/C6H12N/c1-4-6(3)7-5-2/h4,6H,1,5H2,2-3H3. The Hall–Kier alpha value is -0.300. The van der Waals surface area contributed by atoms with E-state index in [0.29, 0.717) is 6.04 Å². The van der Waals surface area contributed by atoms with E-state index in [-0.39, 0.29) is 0 Å². The van der Waals surface area contributed by atoms with Gasteiger partial charge in [-0.3, -0.25) is 0 Å². The summed E-state index contributed by atoms with van der Waals surface area (Å²) in [6.07, 6.45) is 1.84. The molecule has 0 amide bonds. The highest BCUT2D eigenvalue weighted by Crippen LogP contribution is 1.80. The Labute approximate surface area is 45.4 Å². The second-order valence-corrected chi connectivity index (χ2v) is 1.48. The maximum absolute atomic E-state index is 4.12. The first kappa shape index (κ1) is 6.70. The van der Waals surface area contributed by atoms with E-state index in [9.17, 15) is 0 Å². The van der Waals surface area contributed by atoms with Crippen molar-refractivity contribution in [1.29, 1.82) is 0 Å². The molecule has 0 heterocycles. The van der Waals surface area contributed by atoms with Gasteiger partial charge in [0.05, 0.1) is 0 Å². The number of likely N-dealkylation sites (N-methyl/N-ethyl adjacent to an activating group) is 1. The van der Waals surface area contributed by atoms with Gasteiger partial charge < -0.3 is 0 Å². The monoisotopic (exact) mass is 98.1 g/mol. The van der Waals surface area contributed by atoms with E-state index in [1.54, 1.807) is 0 Å². The molecule has 1 radical (unpaired) electrons. The molecule has 0 spiro atoms. The average Bonchev–Trinajstić information content (AvgIpc) is 1.68. The van der Waals surface area contributed by atoms with Gasteiger partial charge in [0.1, 0.15) is 0 Å². The summed E-state index contributed by atoms with van der Waals surface area (Å²) in [5.74, 6) is 0. The summed E-state index contributed by atoms with van der Waals surface area (Å²) >= 11 is 0. The molecule has 0 aliphatic carbocycles. The molecule has 0 fully saturated rings. The van der Waals surface area contributed by atoms with Gasteiger partial charge in [-0.1, -0.05) is 13.0 Å². The second kappa shape index (κ2) is 3.88. The maximum atomic E-state index is 4.12. The molecule has 0 aromatic heterocycles. The Morgan fingerprint density at radius 1 is 1.86 bits per heavy atom. The summed E-state index contributed by atoms with van der Waals surface area (Å²) in [4.78, 5) is 0. The third kappa shape index (κ3) is 3.53. The van der Waals surface area contributed by atoms with E-state index in [0.717, 1.165) is 6.54 Å². The minimum Gasteiger partial charge on any atom is -0.235 e. The van der Waals surface area contributed by atoms with Gasteiger partial charge in [0.15, 0.2) is 0 Å². The number of rotatable bonds is 3. The van der Waals surface area contributed by atoms with E-state index in [2.05, 4.69) is 11.9 Å². The summed E-state index contributed by atoms with van der Waals surface area (Å²) in [6.45, 7) is 8.53. The Kier molecular flexibility index (Phi) is 3.71. The largest absolute Gasteiger partial charge is 0.235 e. The Balaban J connectivity index is 2.98. The van der Waals surface area contributed by atoms with Gasteiger partial charge in [0, 0.05) is 12.6 Å². The minimum atomic E-state index is 0.338.